The van der Waals surface area contributed by atoms with Crippen LogP contribution in [-0.4, -0.2) is 22.6 Å². The van der Waals surface area contributed by atoms with Gasteiger partial charge in [0.05, 0.1) is 0 Å². The molecular formula is C15H33P. The summed E-state index contributed by atoms with van der Waals surface area (Å²) in [7, 11) is -1.13. The second-order valence-electron chi connectivity index (χ2n) is 6.80. The maximum atomic E-state index is 2.51. The van der Waals surface area contributed by atoms with Gasteiger partial charge in [0.2, 0.25) is 0 Å². The molecule has 0 unspecified atom stereocenters. The van der Waals surface area contributed by atoms with E-state index >= 15 is 0 Å². The van der Waals surface area contributed by atoms with Crippen molar-refractivity contribution in [1.29, 1.82) is 0 Å². The van der Waals surface area contributed by atoms with Gasteiger partial charge in [-0.25, -0.2) is 0 Å². The van der Waals surface area contributed by atoms with Crippen molar-refractivity contribution in [1.82, 2.24) is 0 Å². The molecule has 0 radical (unpaired) electrons. The van der Waals surface area contributed by atoms with Gasteiger partial charge in [-0.15, -0.1) is 0 Å². The van der Waals surface area contributed by atoms with E-state index in [0.29, 0.717) is 0 Å². The minimum atomic E-state index is -1.13. The summed E-state index contributed by atoms with van der Waals surface area (Å²) in [5, 5.41) is 0. The van der Waals surface area contributed by atoms with E-state index in [1.54, 1.807) is 12.8 Å². The van der Waals surface area contributed by atoms with Crippen LogP contribution in [0.1, 0.15) is 73.6 Å². The summed E-state index contributed by atoms with van der Waals surface area (Å²) in [6.07, 6.45) is 7.59. The normalized spacial score (nSPS) is 21.1. The molecular weight excluding hydrogens is 211 g/mol. The molecule has 0 saturated heterocycles. The van der Waals surface area contributed by atoms with Crippen LogP contribution in [0.25, 0.3) is 0 Å². The predicted octanol–water partition coefficient (Wildman–Crippen LogP) is 5.29. The van der Waals surface area contributed by atoms with E-state index in [2.05, 4.69) is 41.5 Å². The fraction of sp³-hybridized carbons (Fsp3) is 1.00. The molecule has 0 N–H and O–H groups in total. The first-order valence-corrected chi connectivity index (χ1v) is 9.74. The quantitative estimate of drug-likeness (QED) is 0.589. The average molecular weight is 244 g/mol. The average Bonchev–Trinajstić information content (AvgIpc) is 2.18. The molecule has 0 nitrogen and oxygen atoms in total. The molecule has 0 bridgehead atoms. The van der Waals surface area contributed by atoms with E-state index in [9.17, 15) is 0 Å². The Kier molecular flexibility index (Phi) is 5.30. The van der Waals surface area contributed by atoms with E-state index in [1.165, 1.54) is 19.3 Å². The van der Waals surface area contributed by atoms with Crippen LogP contribution in [0.3, 0.4) is 0 Å². The van der Waals surface area contributed by atoms with Gasteiger partial charge in [0.15, 0.2) is 0 Å². The predicted molar refractivity (Wildman–Crippen MR) is 80.6 cm³/mol. The van der Waals surface area contributed by atoms with Crippen LogP contribution < -0.4 is 0 Å². The van der Waals surface area contributed by atoms with Gasteiger partial charge in [-0.2, -0.15) is 0 Å². The molecule has 1 aliphatic rings. The Morgan fingerprint density at radius 2 is 1.06 bits per heavy atom. The van der Waals surface area contributed by atoms with Gasteiger partial charge in [0.1, 0.15) is 0 Å². The van der Waals surface area contributed by atoms with Gasteiger partial charge < -0.3 is 0 Å². The zero-order valence-electron chi connectivity index (χ0n) is 12.3. The zero-order chi connectivity index (χ0) is 12.3. The van der Waals surface area contributed by atoms with Crippen molar-refractivity contribution < 1.29 is 0 Å². The van der Waals surface area contributed by atoms with Crippen molar-refractivity contribution in [2.75, 3.05) is 0 Å². The van der Waals surface area contributed by atoms with Gasteiger partial charge >= 0.3 is 104 Å². The molecule has 1 aliphatic carbocycles. The van der Waals surface area contributed by atoms with E-state index in [-0.39, 0.29) is 0 Å². The molecule has 1 rings (SSSR count). The molecule has 0 atom stereocenters. The van der Waals surface area contributed by atoms with Crippen LogP contribution >= 0.6 is 7.26 Å². The summed E-state index contributed by atoms with van der Waals surface area (Å²) >= 11 is 0. The number of rotatable bonds is 4. The van der Waals surface area contributed by atoms with Crippen molar-refractivity contribution in [3.63, 3.8) is 0 Å². The van der Waals surface area contributed by atoms with E-state index in [0.717, 1.165) is 22.6 Å². The van der Waals surface area contributed by atoms with Crippen LogP contribution in [0.2, 0.25) is 0 Å². The molecule has 0 aromatic carbocycles. The second-order valence-corrected chi connectivity index (χ2v) is 13.1. The molecule has 1 fully saturated rings. The third kappa shape index (κ3) is 2.47. The topological polar surface area (TPSA) is 0 Å². The summed E-state index contributed by atoms with van der Waals surface area (Å²) in [5.41, 5.74) is 3.98. The Morgan fingerprint density at radius 1 is 0.688 bits per heavy atom. The summed E-state index contributed by atoms with van der Waals surface area (Å²) in [6, 6.07) is 0. The van der Waals surface area contributed by atoms with Gasteiger partial charge in [0.25, 0.3) is 0 Å². The molecule has 16 heavy (non-hydrogen) atoms. The van der Waals surface area contributed by atoms with Crippen LogP contribution in [0.15, 0.2) is 0 Å². The van der Waals surface area contributed by atoms with Crippen LogP contribution in [0.4, 0.5) is 0 Å². The van der Waals surface area contributed by atoms with Crippen molar-refractivity contribution in [2.45, 2.75) is 96.3 Å². The second kappa shape index (κ2) is 5.85. The molecule has 98 valence electrons. The van der Waals surface area contributed by atoms with Gasteiger partial charge in [-0.1, -0.05) is 0 Å². The fourth-order valence-electron chi connectivity index (χ4n) is 5.02. The SMILES string of the molecule is CC(C)[PH](C(C)C)(C(C)C)C1CCCCC1. The molecule has 0 aromatic heterocycles. The van der Waals surface area contributed by atoms with Crippen molar-refractivity contribution in [2.24, 2.45) is 0 Å². The Labute approximate surface area is 104 Å². The van der Waals surface area contributed by atoms with E-state index in [1.807, 2.05) is 0 Å². The fourth-order valence-corrected chi connectivity index (χ4v) is 13.3. The molecule has 0 aliphatic heterocycles. The van der Waals surface area contributed by atoms with Crippen molar-refractivity contribution in [3.8, 4) is 0 Å². The molecule has 0 heterocycles. The van der Waals surface area contributed by atoms with Crippen LogP contribution in [0.5, 0.6) is 0 Å². The molecule has 0 amide bonds. The zero-order valence-corrected chi connectivity index (χ0v) is 13.3. The molecule has 1 heteroatoms. The standard InChI is InChI=1S/C15H33P/c1-12(2)16(13(3)4,14(5)6)15-10-8-7-9-11-15/h12-16H,7-11H2,1-6H3. The van der Waals surface area contributed by atoms with Crippen LogP contribution in [0, 0.1) is 0 Å². The first-order valence-electron chi connectivity index (χ1n) is 7.44. The number of hydrogen-bond acceptors (Lipinski definition) is 0. The summed E-state index contributed by atoms with van der Waals surface area (Å²) in [6.45, 7) is 15.1. The monoisotopic (exact) mass is 244 g/mol. The van der Waals surface area contributed by atoms with E-state index < -0.39 is 7.26 Å². The first-order chi connectivity index (χ1) is 7.44. The molecule has 1 saturated carbocycles. The van der Waals surface area contributed by atoms with Gasteiger partial charge in [-0.3, -0.25) is 0 Å². The van der Waals surface area contributed by atoms with Gasteiger partial charge in [0, 0.05) is 0 Å². The molecule has 0 spiro atoms. The summed E-state index contributed by atoms with van der Waals surface area (Å²) < 4.78 is 0. The van der Waals surface area contributed by atoms with Crippen molar-refractivity contribution >= 4 is 7.26 Å². The summed E-state index contributed by atoms with van der Waals surface area (Å²) in [5.74, 6) is 0. The molecule has 0 aromatic rings. The third-order valence-corrected chi connectivity index (χ3v) is 13.3. The Bertz CT molecular complexity index is 178. The summed E-state index contributed by atoms with van der Waals surface area (Å²) in [4.78, 5) is 0. The Morgan fingerprint density at radius 3 is 1.38 bits per heavy atom. The first kappa shape index (κ1) is 14.5. The van der Waals surface area contributed by atoms with Crippen molar-refractivity contribution in [3.05, 3.63) is 0 Å². The van der Waals surface area contributed by atoms with E-state index in [4.69, 9.17) is 0 Å². The Hall–Kier alpha value is 0.430. The maximum absolute atomic E-state index is 2.51. The Balaban J connectivity index is 2.99. The van der Waals surface area contributed by atoms with Gasteiger partial charge in [-0.05, 0) is 0 Å². The van der Waals surface area contributed by atoms with Crippen LogP contribution in [-0.2, 0) is 0 Å². The third-order valence-electron chi connectivity index (χ3n) is 5.31. The number of hydrogen-bond donors (Lipinski definition) is 0. The minimum absolute atomic E-state index is 0.954.